The highest BCUT2D eigenvalue weighted by molar-refractivity contribution is 5.45. The van der Waals surface area contributed by atoms with Crippen LogP contribution in [0.25, 0.3) is 0 Å². The van der Waals surface area contributed by atoms with Gasteiger partial charge in [0.2, 0.25) is 0 Å². The Hall–Kier alpha value is -2.74. The fourth-order valence-electron chi connectivity index (χ4n) is 3.43. The average molecular weight is 346 g/mol. The predicted molar refractivity (Wildman–Crippen MR) is 107 cm³/mol. The van der Waals surface area contributed by atoms with Crippen molar-refractivity contribution >= 4 is 0 Å². The Balaban J connectivity index is 1.95. The molecule has 26 heavy (non-hydrogen) atoms. The van der Waals surface area contributed by atoms with E-state index in [1.54, 1.807) is 12.1 Å². The van der Waals surface area contributed by atoms with Crippen LogP contribution in [0.3, 0.4) is 0 Å². The summed E-state index contributed by atoms with van der Waals surface area (Å²) < 4.78 is 0. The molecule has 0 amide bonds. The van der Waals surface area contributed by atoms with Gasteiger partial charge in [-0.1, -0.05) is 76.2 Å². The molecule has 134 valence electrons. The molecule has 2 nitrogen and oxygen atoms in total. The normalized spacial score (nSPS) is 12.2. The first kappa shape index (κ1) is 18.1. The zero-order valence-corrected chi connectivity index (χ0v) is 15.8. The fraction of sp³-hybridized carbons (Fsp3) is 0.250. The Kier molecular flexibility index (Phi) is 4.53. The standard InChI is InChI=1S/C24H26O2/c1-23(2,19-7-5-9-21(25)15-19)17-11-13-18(14-12-17)24(3,4)20-8-6-10-22(26)16-20/h5-16,25-26H,1-4H3. The number of aromatic hydroxyl groups is 2. The molecule has 0 aliphatic heterocycles. The van der Waals surface area contributed by atoms with Gasteiger partial charge >= 0.3 is 0 Å². The number of hydrogen-bond acceptors (Lipinski definition) is 2. The third-order valence-corrected chi connectivity index (χ3v) is 5.46. The van der Waals surface area contributed by atoms with Gasteiger partial charge in [-0.2, -0.15) is 0 Å². The molecule has 0 aromatic heterocycles. The third-order valence-electron chi connectivity index (χ3n) is 5.46. The van der Waals surface area contributed by atoms with Gasteiger partial charge in [0.05, 0.1) is 0 Å². The van der Waals surface area contributed by atoms with Gasteiger partial charge in [0.1, 0.15) is 11.5 Å². The summed E-state index contributed by atoms with van der Waals surface area (Å²) in [6.07, 6.45) is 0. The number of phenolic OH excluding ortho intramolecular Hbond substituents is 2. The molecule has 0 aliphatic rings. The molecule has 0 heterocycles. The van der Waals surface area contributed by atoms with Gasteiger partial charge in [-0.25, -0.2) is 0 Å². The molecule has 0 fully saturated rings. The van der Waals surface area contributed by atoms with Gasteiger partial charge in [-0.05, 0) is 46.5 Å². The summed E-state index contributed by atoms with van der Waals surface area (Å²) in [5.41, 5.74) is 4.14. The van der Waals surface area contributed by atoms with E-state index in [0.29, 0.717) is 0 Å². The maximum absolute atomic E-state index is 9.80. The average Bonchev–Trinajstić information content (AvgIpc) is 2.62. The van der Waals surface area contributed by atoms with Crippen LogP contribution >= 0.6 is 0 Å². The largest absolute Gasteiger partial charge is 0.508 e. The number of rotatable bonds is 4. The van der Waals surface area contributed by atoms with E-state index in [0.717, 1.165) is 11.1 Å². The van der Waals surface area contributed by atoms with Gasteiger partial charge in [0.25, 0.3) is 0 Å². The zero-order valence-electron chi connectivity index (χ0n) is 15.8. The van der Waals surface area contributed by atoms with Crippen LogP contribution in [0, 0.1) is 0 Å². The molecule has 3 aromatic rings. The summed E-state index contributed by atoms with van der Waals surface area (Å²) in [6.45, 7) is 8.66. The molecule has 0 aliphatic carbocycles. The van der Waals surface area contributed by atoms with Crippen molar-refractivity contribution in [3.63, 3.8) is 0 Å². The Morgan fingerprint density at radius 2 is 0.846 bits per heavy atom. The maximum Gasteiger partial charge on any atom is 0.115 e. The van der Waals surface area contributed by atoms with E-state index in [1.165, 1.54) is 11.1 Å². The molecule has 0 spiro atoms. The van der Waals surface area contributed by atoms with E-state index in [4.69, 9.17) is 0 Å². The second kappa shape index (κ2) is 6.53. The lowest BCUT2D eigenvalue weighted by Gasteiger charge is -2.29. The summed E-state index contributed by atoms with van der Waals surface area (Å²) in [5.74, 6) is 0.578. The Morgan fingerprint density at radius 3 is 1.15 bits per heavy atom. The predicted octanol–water partition coefficient (Wildman–Crippen LogP) is 5.75. The molecule has 0 saturated carbocycles. The fourth-order valence-corrected chi connectivity index (χ4v) is 3.43. The van der Waals surface area contributed by atoms with Gasteiger partial charge in [0, 0.05) is 10.8 Å². The van der Waals surface area contributed by atoms with Gasteiger partial charge in [0.15, 0.2) is 0 Å². The molecule has 3 aromatic carbocycles. The van der Waals surface area contributed by atoms with Crippen LogP contribution in [-0.2, 0) is 10.8 Å². The molecule has 3 rings (SSSR count). The minimum Gasteiger partial charge on any atom is -0.508 e. The van der Waals surface area contributed by atoms with Crippen molar-refractivity contribution in [1.82, 2.24) is 0 Å². The van der Waals surface area contributed by atoms with Crippen molar-refractivity contribution < 1.29 is 10.2 Å². The van der Waals surface area contributed by atoms with Crippen molar-refractivity contribution in [3.05, 3.63) is 95.1 Å². The highest BCUT2D eigenvalue weighted by Crippen LogP contribution is 2.36. The molecular weight excluding hydrogens is 320 g/mol. The highest BCUT2D eigenvalue weighted by atomic mass is 16.3. The lowest BCUT2D eigenvalue weighted by atomic mass is 9.74. The smallest absolute Gasteiger partial charge is 0.115 e. The summed E-state index contributed by atoms with van der Waals surface area (Å²) in [4.78, 5) is 0. The molecule has 0 bridgehead atoms. The lowest BCUT2D eigenvalue weighted by Crippen LogP contribution is -2.21. The van der Waals surface area contributed by atoms with Crippen LogP contribution in [0.5, 0.6) is 11.5 Å². The molecule has 0 atom stereocenters. The summed E-state index contributed by atoms with van der Waals surface area (Å²) in [7, 11) is 0. The summed E-state index contributed by atoms with van der Waals surface area (Å²) in [5, 5.41) is 19.6. The second-order valence-corrected chi connectivity index (χ2v) is 7.93. The van der Waals surface area contributed by atoms with Crippen molar-refractivity contribution in [2.24, 2.45) is 0 Å². The van der Waals surface area contributed by atoms with Crippen molar-refractivity contribution in [2.45, 2.75) is 38.5 Å². The van der Waals surface area contributed by atoms with Gasteiger partial charge in [-0.3, -0.25) is 0 Å². The third kappa shape index (κ3) is 3.32. The maximum atomic E-state index is 9.80. The van der Waals surface area contributed by atoms with Crippen LogP contribution in [0.1, 0.15) is 49.9 Å². The molecular formula is C24H26O2. The first-order valence-corrected chi connectivity index (χ1v) is 8.91. The highest BCUT2D eigenvalue weighted by Gasteiger charge is 2.26. The van der Waals surface area contributed by atoms with Crippen LogP contribution < -0.4 is 0 Å². The molecule has 0 radical (unpaired) electrons. The Labute approximate surface area is 155 Å². The first-order chi connectivity index (χ1) is 12.2. The van der Waals surface area contributed by atoms with Crippen LogP contribution in [0.2, 0.25) is 0 Å². The SMILES string of the molecule is CC(C)(c1ccc(C(C)(C)c2cccc(O)c2)cc1)c1cccc(O)c1. The topological polar surface area (TPSA) is 40.5 Å². The van der Waals surface area contributed by atoms with E-state index in [2.05, 4.69) is 52.0 Å². The summed E-state index contributed by atoms with van der Waals surface area (Å²) >= 11 is 0. The van der Waals surface area contributed by atoms with Crippen molar-refractivity contribution in [3.8, 4) is 11.5 Å². The quantitative estimate of drug-likeness (QED) is 0.631. The van der Waals surface area contributed by atoms with Gasteiger partial charge in [-0.15, -0.1) is 0 Å². The monoisotopic (exact) mass is 346 g/mol. The minimum absolute atomic E-state index is 0.202. The lowest BCUT2D eigenvalue weighted by molar-refractivity contribution is 0.471. The Bertz CT molecular complexity index is 829. The molecule has 0 saturated heterocycles. The summed E-state index contributed by atoms with van der Waals surface area (Å²) in [6, 6.07) is 23.5. The van der Waals surface area contributed by atoms with Crippen LogP contribution in [0.4, 0.5) is 0 Å². The number of benzene rings is 3. The van der Waals surface area contributed by atoms with E-state index in [-0.39, 0.29) is 22.3 Å². The van der Waals surface area contributed by atoms with E-state index < -0.39 is 0 Å². The second-order valence-electron chi connectivity index (χ2n) is 7.93. The van der Waals surface area contributed by atoms with Crippen LogP contribution in [-0.4, -0.2) is 10.2 Å². The van der Waals surface area contributed by atoms with Crippen molar-refractivity contribution in [1.29, 1.82) is 0 Å². The number of hydrogen-bond donors (Lipinski definition) is 2. The van der Waals surface area contributed by atoms with Crippen LogP contribution in [0.15, 0.2) is 72.8 Å². The molecule has 2 N–H and O–H groups in total. The molecule has 0 unspecified atom stereocenters. The minimum atomic E-state index is -0.202. The van der Waals surface area contributed by atoms with E-state index in [1.807, 2.05) is 36.4 Å². The molecule has 2 heteroatoms. The van der Waals surface area contributed by atoms with Crippen molar-refractivity contribution in [2.75, 3.05) is 0 Å². The van der Waals surface area contributed by atoms with E-state index >= 15 is 0 Å². The zero-order chi connectivity index (χ0) is 18.9. The Morgan fingerprint density at radius 1 is 0.500 bits per heavy atom. The van der Waals surface area contributed by atoms with E-state index in [9.17, 15) is 10.2 Å². The number of phenols is 2. The first-order valence-electron chi connectivity index (χ1n) is 8.91. The van der Waals surface area contributed by atoms with Gasteiger partial charge < -0.3 is 10.2 Å².